The molecule has 0 radical (unpaired) electrons. The molecular formula is C20H20ClN3O3. The summed E-state index contributed by atoms with van der Waals surface area (Å²) < 4.78 is 0. The first-order valence-electron chi connectivity index (χ1n) is 8.49. The number of rotatable bonds is 5. The maximum Gasteiger partial charge on any atom is 0.295 e. The van der Waals surface area contributed by atoms with Crippen LogP contribution in [0.15, 0.2) is 54.4 Å². The summed E-state index contributed by atoms with van der Waals surface area (Å²) in [6.45, 7) is 0.949. The highest BCUT2D eigenvalue weighted by atomic mass is 35.5. The molecule has 2 aromatic rings. The molecule has 0 aliphatic carbocycles. The number of benzene rings is 1. The van der Waals surface area contributed by atoms with Gasteiger partial charge in [-0.15, -0.1) is 0 Å². The van der Waals surface area contributed by atoms with E-state index in [1.807, 2.05) is 19.0 Å². The Hall–Kier alpha value is -2.70. The summed E-state index contributed by atoms with van der Waals surface area (Å²) >= 11 is 5.99. The van der Waals surface area contributed by atoms with Gasteiger partial charge in [-0.3, -0.25) is 14.6 Å². The average molecular weight is 386 g/mol. The number of aliphatic hydroxyl groups excluding tert-OH is 1. The lowest BCUT2D eigenvalue weighted by Crippen LogP contribution is -2.35. The molecule has 27 heavy (non-hydrogen) atoms. The molecule has 2 heterocycles. The Morgan fingerprint density at radius 1 is 1.15 bits per heavy atom. The van der Waals surface area contributed by atoms with E-state index in [-0.39, 0.29) is 11.3 Å². The lowest BCUT2D eigenvalue weighted by Gasteiger charge is -2.26. The number of Topliss-reactive ketones (excluding diaryl/α,β-unsaturated/α-hetero) is 1. The van der Waals surface area contributed by atoms with E-state index >= 15 is 0 Å². The largest absolute Gasteiger partial charge is 0.507 e. The van der Waals surface area contributed by atoms with E-state index in [0.29, 0.717) is 29.2 Å². The molecule has 0 bridgehead atoms. The van der Waals surface area contributed by atoms with Crippen molar-refractivity contribution in [3.63, 3.8) is 0 Å². The predicted octanol–water partition coefficient (Wildman–Crippen LogP) is 2.72. The molecule has 1 unspecified atom stereocenters. The van der Waals surface area contributed by atoms with Gasteiger partial charge in [0.25, 0.3) is 11.7 Å². The molecule has 1 aromatic heterocycles. The van der Waals surface area contributed by atoms with Gasteiger partial charge in [-0.25, -0.2) is 0 Å². The van der Waals surface area contributed by atoms with Crippen molar-refractivity contribution >= 4 is 29.1 Å². The van der Waals surface area contributed by atoms with Gasteiger partial charge in [0.05, 0.1) is 11.6 Å². The molecule has 1 saturated heterocycles. The van der Waals surface area contributed by atoms with Gasteiger partial charge in [0.2, 0.25) is 0 Å². The highest BCUT2D eigenvalue weighted by Gasteiger charge is 2.45. The van der Waals surface area contributed by atoms with Crippen LogP contribution in [-0.4, -0.2) is 58.8 Å². The van der Waals surface area contributed by atoms with Gasteiger partial charge in [0.15, 0.2) is 0 Å². The van der Waals surface area contributed by atoms with E-state index in [9.17, 15) is 14.7 Å². The van der Waals surface area contributed by atoms with Crippen molar-refractivity contribution in [3.05, 3.63) is 70.5 Å². The zero-order chi connectivity index (χ0) is 19.6. The van der Waals surface area contributed by atoms with Crippen LogP contribution in [0.1, 0.15) is 17.2 Å². The molecule has 0 saturated carbocycles. The number of carbonyl (C=O) groups is 2. The number of aromatic nitrogens is 1. The summed E-state index contributed by atoms with van der Waals surface area (Å²) in [5.74, 6) is -1.52. The van der Waals surface area contributed by atoms with Gasteiger partial charge in [-0.1, -0.05) is 23.7 Å². The lowest BCUT2D eigenvalue weighted by atomic mass is 9.95. The Morgan fingerprint density at radius 3 is 2.37 bits per heavy atom. The predicted molar refractivity (Wildman–Crippen MR) is 103 cm³/mol. The zero-order valence-electron chi connectivity index (χ0n) is 15.1. The maximum atomic E-state index is 12.8. The van der Waals surface area contributed by atoms with E-state index < -0.39 is 17.7 Å². The number of ketones is 1. The third kappa shape index (κ3) is 3.86. The Kier molecular flexibility index (Phi) is 5.58. The third-order valence-corrected chi connectivity index (χ3v) is 4.72. The monoisotopic (exact) mass is 385 g/mol. The number of pyridine rings is 1. The smallest absolute Gasteiger partial charge is 0.295 e. The van der Waals surface area contributed by atoms with Crippen LogP contribution in [0.3, 0.4) is 0 Å². The molecule has 1 amide bonds. The van der Waals surface area contributed by atoms with Crippen molar-refractivity contribution in [2.75, 3.05) is 27.2 Å². The second-order valence-electron chi connectivity index (χ2n) is 6.58. The topological polar surface area (TPSA) is 73.7 Å². The molecular weight excluding hydrogens is 366 g/mol. The first kappa shape index (κ1) is 19.1. The number of halogens is 1. The van der Waals surface area contributed by atoms with Gasteiger partial charge < -0.3 is 14.9 Å². The van der Waals surface area contributed by atoms with Crippen LogP contribution < -0.4 is 0 Å². The number of likely N-dealkylation sites (N-methyl/N-ethyl adjacent to an activating group) is 1. The van der Waals surface area contributed by atoms with E-state index in [0.717, 1.165) is 0 Å². The number of hydrogen-bond donors (Lipinski definition) is 1. The van der Waals surface area contributed by atoms with Crippen LogP contribution in [0.25, 0.3) is 5.76 Å². The maximum absolute atomic E-state index is 12.8. The first-order chi connectivity index (χ1) is 12.9. The molecule has 1 aromatic carbocycles. The van der Waals surface area contributed by atoms with Crippen molar-refractivity contribution in [3.8, 4) is 0 Å². The number of aliphatic hydroxyl groups is 1. The number of hydrogen-bond acceptors (Lipinski definition) is 5. The third-order valence-electron chi connectivity index (χ3n) is 4.47. The van der Waals surface area contributed by atoms with Gasteiger partial charge >= 0.3 is 0 Å². The van der Waals surface area contributed by atoms with Crippen LogP contribution in [0.4, 0.5) is 0 Å². The van der Waals surface area contributed by atoms with Crippen LogP contribution in [0, 0.1) is 0 Å². The molecule has 1 fully saturated rings. The van der Waals surface area contributed by atoms with E-state index in [1.165, 1.54) is 17.3 Å². The van der Waals surface area contributed by atoms with E-state index in [2.05, 4.69) is 4.98 Å². The van der Waals surface area contributed by atoms with Gasteiger partial charge in [-0.2, -0.15) is 0 Å². The van der Waals surface area contributed by atoms with Crippen LogP contribution in [0.5, 0.6) is 0 Å². The zero-order valence-corrected chi connectivity index (χ0v) is 15.8. The highest BCUT2D eigenvalue weighted by molar-refractivity contribution is 6.46. The summed E-state index contributed by atoms with van der Waals surface area (Å²) in [6.07, 6.45) is 3.04. The van der Waals surface area contributed by atoms with Crippen molar-refractivity contribution in [1.29, 1.82) is 0 Å². The molecule has 1 N–H and O–H groups in total. The summed E-state index contributed by atoms with van der Waals surface area (Å²) in [5, 5.41) is 11.4. The molecule has 3 rings (SSSR count). The molecule has 0 spiro atoms. The second-order valence-corrected chi connectivity index (χ2v) is 7.02. The SMILES string of the molecule is CN(C)CCN1C(=O)C(=O)/C(=C(\O)c2ccncc2)C1c1ccc(Cl)cc1. The quantitative estimate of drug-likeness (QED) is 0.486. The summed E-state index contributed by atoms with van der Waals surface area (Å²) in [5.41, 5.74) is 1.23. The fourth-order valence-electron chi connectivity index (χ4n) is 3.08. The molecule has 1 atom stereocenters. The average Bonchev–Trinajstić information content (AvgIpc) is 2.91. The molecule has 7 heteroatoms. The minimum absolute atomic E-state index is 0.0762. The van der Waals surface area contributed by atoms with Crippen LogP contribution >= 0.6 is 11.6 Å². The molecule has 1 aliphatic heterocycles. The van der Waals surface area contributed by atoms with E-state index in [4.69, 9.17) is 11.6 Å². The van der Waals surface area contributed by atoms with Crippen molar-refractivity contribution in [2.45, 2.75) is 6.04 Å². The van der Waals surface area contributed by atoms with Gasteiger partial charge in [0.1, 0.15) is 5.76 Å². The Balaban J connectivity index is 2.13. The minimum Gasteiger partial charge on any atom is -0.507 e. The number of likely N-dealkylation sites (tertiary alicyclic amines) is 1. The van der Waals surface area contributed by atoms with Crippen molar-refractivity contribution in [1.82, 2.24) is 14.8 Å². The highest BCUT2D eigenvalue weighted by Crippen LogP contribution is 2.39. The Labute approximate surface area is 162 Å². The van der Waals surface area contributed by atoms with E-state index in [1.54, 1.807) is 36.4 Å². The van der Waals surface area contributed by atoms with Gasteiger partial charge in [0, 0.05) is 36.1 Å². The van der Waals surface area contributed by atoms with Crippen LogP contribution in [0.2, 0.25) is 5.02 Å². The Bertz CT molecular complexity index is 879. The molecule has 140 valence electrons. The summed E-state index contributed by atoms with van der Waals surface area (Å²) in [4.78, 5) is 32.8. The normalized spacial score (nSPS) is 19.1. The number of nitrogens with zero attached hydrogens (tertiary/aromatic N) is 3. The fourth-order valence-corrected chi connectivity index (χ4v) is 3.20. The fraction of sp³-hybridized carbons (Fsp3) is 0.250. The summed E-state index contributed by atoms with van der Waals surface area (Å²) in [7, 11) is 3.79. The minimum atomic E-state index is -0.692. The second kappa shape index (κ2) is 7.90. The van der Waals surface area contributed by atoms with Crippen molar-refractivity contribution in [2.24, 2.45) is 0 Å². The lowest BCUT2D eigenvalue weighted by molar-refractivity contribution is -0.140. The van der Waals surface area contributed by atoms with Gasteiger partial charge in [-0.05, 0) is 43.9 Å². The molecule has 6 nitrogen and oxygen atoms in total. The van der Waals surface area contributed by atoms with Crippen molar-refractivity contribution < 1.29 is 14.7 Å². The first-order valence-corrected chi connectivity index (χ1v) is 8.87. The Morgan fingerprint density at radius 2 is 1.78 bits per heavy atom. The number of carbonyl (C=O) groups excluding carboxylic acids is 2. The number of amides is 1. The summed E-state index contributed by atoms with van der Waals surface area (Å²) in [6, 6.07) is 9.46. The van der Waals surface area contributed by atoms with Crippen LogP contribution in [-0.2, 0) is 9.59 Å². The standard InChI is InChI=1S/C20H20ClN3O3/c1-23(2)11-12-24-17(13-3-5-15(21)6-4-13)16(19(26)20(24)27)18(25)14-7-9-22-10-8-14/h3-10,17,25H,11-12H2,1-2H3/b18-16-. The molecule has 1 aliphatic rings.